The van der Waals surface area contributed by atoms with Crippen molar-refractivity contribution in [2.24, 2.45) is 0 Å². The maximum absolute atomic E-state index is 9.57. The molecule has 0 saturated carbocycles. The largest absolute Gasteiger partial charge is 0.508 e. The molecule has 0 unspecified atom stereocenters. The molecule has 32 heavy (non-hydrogen) atoms. The standard InChI is InChI=1S/C16H12BrNO2.C9H5BrClN/c1-10-2-4-12(19)9-16(10)20-15-6-7-18-14-5-3-11(17)8-13(14)15;10-6-1-2-9-7(5-6)8(11)3-4-12-9/h2-9,19H,1H3;1-5H. The number of aromatic nitrogens is 2. The first-order valence-electron chi connectivity index (χ1n) is 9.62. The van der Waals surface area contributed by atoms with Gasteiger partial charge < -0.3 is 9.84 Å². The number of rotatable bonds is 2. The van der Waals surface area contributed by atoms with Crippen LogP contribution in [0, 0.1) is 6.92 Å². The van der Waals surface area contributed by atoms with Gasteiger partial charge in [0.25, 0.3) is 0 Å². The molecule has 160 valence electrons. The number of benzene rings is 3. The van der Waals surface area contributed by atoms with Crippen molar-refractivity contribution in [3.63, 3.8) is 0 Å². The molecule has 5 aromatic rings. The zero-order valence-electron chi connectivity index (χ0n) is 16.9. The van der Waals surface area contributed by atoms with Gasteiger partial charge in [-0.2, -0.15) is 0 Å². The van der Waals surface area contributed by atoms with Crippen molar-refractivity contribution in [2.45, 2.75) is 6.92 Å². The van der Waals surface area contributed by atoms with Crippen LogP contribution in [0.15, 0.2) is 88.1 Å². The Balaban J connectivity index is 0.000000174. The summed E-state index contributed by atoms with van der Waals surface area (Å²) in [7, 11) is 0. The lowest BCUT2D eigenvalue weighted by Crippen LogP contribution is -1.90. The van der Waals surface area contributed by atoms with Crippen molar-refractivity contribution < 1.29 is 9.84 Å². The number of phenols is 1. The molecule has 5 rings (SSSR count). The molecule has 3 aromatic carbocycles. The second-order valence-corrected chi connectivity index (χ2v) is 9.22. The highest BCUT2D eigenvalue weighted by Crippen LogP contribution is 2.33. The molecule has 0 aliphatic carbocycles. The Morgan fingerprint density at radius 2 is 1.38 bits per heavy atom. The number of hydrogen-bond donors (Lipinski definition) is 1. The average molecular weight is 573 g/mol. The number of halogens is 3. The molecule has 0 fully saturated rings. The van der Waals surface area contributed by atoms with Crippen LogP contribution < -0.4 is 4.74 Å². The minimum atomic E-state index is 0.185. The third-order valence-electron chi connectivity index (χ3n) is 4.71. The number of hydrogen-bond acceptors (Lipinski definition) is 4. The molecule has 0 amide bonds. The zero-order chi connectivity index (χ0) is 22.7. The Morgan fingerprint density at radius 3 is 2.09 bits per heavy atom. The highest BCUT2D eigenvalue weighted by atomic mass is 79.9. The van der Waals surface area contributed by atoms with Gasteiger partial charge >= 0.3 is 0 Å². The fourth-order valence-electron chi connectivity index (χ4n) is 3.08. The van der Waals surface area contributed by atoms with Crippen LogP contribution in [0.25, 0.3) is 21.8 Å². The average Bonchev–Trinajstić information content (AvgIpc) is 2.78. The van der Waals surface area contributed by atoms with Gasteiger partial charge in [-0.15, -0.1) is 0 Å². The van der Waals surface area contributed by atoms with Gasteiger partial charge in [0.15, 0.2) is 0 Å². The van der Waals surface area contributed by atoms with Crippen molar-refractivity contribution in [1.82, 2.24) is 9.97 Å². The second kappa shape index (κ2) is 9.86. The lowest BCUT2D eigenvalue weighted by molar-refractivity contribution is 0.455. The molecule has 0 bridgehead atoms. The first kappa shape index (κ1) is 22.5. The molecular formula is C25H17Br2ClN2O2. The maximum Gasteiger partial charge on any atom is 0.138 e. The van der Waals surface area contributed by atoms with Crippen LogP contribution in [-0.2, 0) is 0 Å². The topological polar surface area (TPSA) is 55.2 Å². The maximum atomic E-state index is 9.57. The van der Waals surface area contributed by atoms with E-state index in [0.717, 1.165) is 41.3 Å². The van der Waals surface area contributed by atoms with Crippen LogP contribution in [0.1, 0.15) is 5.56 Å². The third kappa shape index (κ3) is 5.21. The SMILES string of the molecule is Cc1ccc(O)cc1Oc1ccnc2ccc(Br)cc12.Clc1ccnc2ccc(Br)cc12. The lowest BCUT2D eigenvalue weighted by atomic mass is 10.2. The number of aryl methyl sites for hydroxylation is 1. The third-order valence-corrected chi connectivity index (χ3v) is 6.02. The van der Waals surface area contributed by atoms with Crippen LogP contribution in [0.5, 0.6) is 17.2 Å². The molecular weight excluding hydrogens is 556 g/mol. The number of aromatic hydroxyl groups is 1. The van der Waals surface area contributed by atoms with E-state index in [1.807, 2.05) is 55.5 Å². The number of phenolic OH excluding ortho intramolecular Hbond substituents is 1. The molecule has 0 aliphatic heterocycles. The zero-order valence-corrected chi connectivity index (χ0v) is 20.8. The number of nitrogens with zero attached hydrogens (tertiary/aromatic N) is 2. The van der Waals surface area contributed by atoms with Crippen molar-refractivity contribution in [1.29, 1.82) is 0 Å². The molecule has 7 heteroatoms. The molecule has 2 aromatic heterocycles. The van der Waals surface area contributed by atoms with E-state index in [2.05, 4.69) is 41.8 Å². The Morgan fingerprint density at radius 1 is 0.750 bits per heavy atom. The molecule has 0 atom stereocenters. The van der Waals surface area contributed by atoms with Gasteiger partial charge in [0.05, 0.1) is 16.1 Å². The molecule has 0 saturated heterocycles. The van der Waals surface area contributed by atoms with Crippen LogP contribution in [-0.4, -0.2) is 15.1 Å². The van der Waals surface area contributed by atoms with Gasteiger partial charge in [-0.25, -0.2) is 0 Å². The van der Waals surface area contributed by atoms with Gasteiger partial charge in [0.2, 0.25) is 0 Å². The first-order valence-corrected chi connectivity index (χ1v) is 11.6. The molecule has 2 heterocycles. The van der Waals surface area contributed by atoms with Gasteiger partial charge in [0, 0.05) is 38.2 Å². The van der Waals surface area contributed by atoms with Crippen LogP contribution >= 0.6 is 43.5 Å². The number of pyridine rings is 2. The fourth-order valence-corrected chi connectivity index (χ4v) is 4.01. The van der Waals surface area contributed by atoms with Gasteiger partial charge in [-0.3, -0.25) is 9.97 Å². The Labute approximate surface area is 207 Å². The van der Waals surface area contributed by atoms with Crippen molar-refractivity contribution in [3.05, 3.63) is 98.7 Å². The van der Waals surface area contributed by atoms with E-state index in [4.69, 9.17) is 16.3 Å². The van der Waals surface area contributed by atoms with Gasteiger partial charge in [-0.1, -0.05) is 49.5 Å². The minimum Gasteiger partial charge on any atom is -0.508 e. The summed E-state index contributed by atoms with van der Waals surface area (Å²) in [6.45, 7) is 1.94. The van der Waals surface area contributed by atoms with Crippen molar-refractivity contribution >= 4 is 65.3 Å². The predicted molar refractivity (Wildman–Crippen MR) is 137 cm³/mol. The summed E-state index contributed by atoms with van der Waals surface area (Å²) in [6, 6.07) is 20.4. The van der Waals surface area contributed by atoms with E-state index < -0.39 is 0 Å². The quantitative estimate of drug-likeness (QED) is 0.231. The Hall–Kier alpha value is -2.67. The van der Waals surface area contributed by atoms with E-state index in [-0.39, 0.29) is 5.75 Å². The van der Waals surface area contributed by atoms with Crippen LogP contribution in [0.3, 0.4) is 0 Å². The van der Waals surface area contributed by atoms with E-state index >= 15 is 0 Å². The molecule has 0 radical (unpaired) electrons. The number of ether oxygens (including phenoxy) is 1. The number of fused-ring (bicyclic) bond motifs is 2. The Kier molecular flexibility index (Phi) is 6.94. The smallest absolute Gasteiger partial charge is 0.138 e. The van der Waals surface area contributed by atoms with Crippen molar-refractivity contribution in [3.8, 4) is 17.2 Å². The second-order valence-electron chi connectivity index (χ2n) is 6.98. The summed E-state index contributed by atoms with van der Waals surface area (Å²) in [6.07, 6.45) is 3.42. The first-order chi connectivity index (χ1) is 15.4. The summed E-state index contributed by atoms with van der Waals surface area (Å²) in [5, 5.41) is 12.2. The molecule has 1 N–H and O–H groups in total. The Bertz CT molecular complexity index is 1430. The summed E-state index contributed by atoms with van der Waals surface area (Å²) >= 11 is 12.8. The van der Waals surface area contributed by atoms with Crippen molar-refractivity contribution in [2.75, 3.05) is 0 Å². The summed E-state index contributed by atoms with van der Waals surface area (Å²) < 4.78 is 7.92. The monoisotopic (exact) mass is 570 g/mol. The fraction of sp³-hybridized carbons (Fsp3) is 0.0400. The van der Waals surface area contributed by atoms with Gasteiger partial charge in [0.1, 0.15) is 17.2 Å². The van der Waals surface area contributed by atoms with Crippen LogP contribution in [0.4, 0.5) is 0 Å². The van der Waals surface area contributed by atoms with Gasteiger partial charge in [-0.05, 0) is 67.1 Å². The summed E-state index contributed by atoms with van der Waals surface area (Å²) in [5.74, 6) is 1.53. The van der Waals surface area contributed by atoms with Crippen LogP contribution in [0.2, 0.25) is 5.02 Å². The molecule has 4 nitrogen and oxygen atoms in total. The predicted octanol–water partition coefficient (Wildman–Crippen LogP) is 8.45. The van der Waals surface area contributed by atoms with E-state index in [0.29, 0.717) is 11.5 Å². The minimum absolute atomic E-state index is 0.185. The van der Waals surface area contributed by atoms with E-state index in [1.165, 1.54) is 0 Å². The van der Waals surface area contributed by atoms with E-state index in [1.54, 1.807) is 30.6 Å². The normalized spacial score (nSPS) is 10.6. The highest BCUT2D eigenvalue weighted by molar-refractivity contribution is 9.10. The summed E-state index contributed by atoms with van der Waals surface area (Å²) in [4.78, 5) is 8.49. The highest BCUT2D eigenvalue weighted by Gasteiger charge is 2.08. The summed E-state index contributed by atoms with van der Waals surface area (Å²) in [5.41, 5.74) is 2.75. The molecule has 0 aliphatic rings. The van der Waals surface area contributed by atoms with E-state index in [9.17, 15) is 5.11 Å². The molecule has 0 spiro atoms. The lowest BCUT2D eigenvalue weighted by Gasteiger charge is -2.11.